The van der Waals surface area contributed by atoms with Gasteiger partial charge in [0.2, 0.25) is 10.0 Å². The van der Waals surface area contributed by atoms with Crippen LogP contribution in [0.25, 0.3) is 0 Å². The number of nitrogens with zero attached hydrogens (tertiary/aromatic N) is 2. The fourth-order valence-corrected chi connectivity index (χ4v) is 3.38. The fourth-order valence-electron chi connectivity index (χ4n) is 1.27. The first-order valence-electron chi connectivity index (χ1n) is 5.10. The molecule has 5 nitrogen and oxygen atoms in total. The van der Waals surface area contributed by atoms with Gasteiger partial charge in [0.1, 0.15) is 15.1 Å². The van der Waals surface area contributed by atoms with Gasteiger partial charge in [0.15, 0.2) is 0 Å². The lowest BCUT2D eigenvalue weighted by atomic mass is 10.5. The van der Waals surface area contributed by atoms with Crippen molar-refractivity contribution in [2.24, 2.45) is 0 Å². The minimum absolute atomic E-state index is 0.0322. The number of sulfonamides is 1. The molecule has 0 amide bonds. The van der Waals surface area contributed by atoms with E-state index in [2.05, 4.69) is 14.7 Å². The van der Waals surface area contributed by atoms with Gasteiger partial charge < -0.3 is 0 Å². The summed E-state index contributed by atoms with van der Waals surface area (Å²) in [4.78, 5) is 8.76. The molecule has 2 rings (SSSR count). The van der Waals surface area contributed by atoms with Crippen LogP contribution in [-0.4, -0.2) is 18.4 Å². The summed E-state index contributed by atoms with van der Waals surface area (Å²) in [6, 6.07) is 1.26. The number of hydrogen-bond donors (Lipinski definition) is 1. The second-order valence-corrected chi connectivity index (χ2v) is 7.48. The van der Waals surface area contributed by atoms with Crippen molar-refractivity contribution in [1.82, 2.24) is 14.7 Å². The molecule has 0 spiro atoms. The molecule has 0 saturated heterocycles. The van der Waals surface area contributed by atoms with E-state index in [1.54, 1.807) is 6.20 Å². The van der Waals surface area contributed by atoms with Gasteiger partial charge in [-0.2, -0.15) is 0 Å². The zero-order chi connectivity index (χ0) is 14.0. The number of aryl methyl sites for hydroxylation is 1. The third-order valence-electron chi connectivity index (χ3n) is 2.16. The molecule has 9 heteroatoms. The molecule has 0 aliphatic carbocycles. The molecule has 0 bridgehead atoms. The second-order valence-electron chi connectivity index (χ2n) is 3.63. The SMILES string of the molecule is Cc1cnc(CNS(=O)(=O)c2cnc(Cl)c(Cl)c2)s1. The molecule has 0 unspecified atom stereocenters. The minimum atomic E-state index is -3.68. The Kier molecular flexibility index (Phi) is 4.42. The lowest BCUT2D eigenvalue weighted by molar-refractivity contribution is 0.580. The molecule has 2 aromatic rings. The van der Waals surface area contributed by atoms with Gasteiger partial charge in [-0.3, -0.25) is 0 Å². The van der Waals surface area contributed by atoms with E-state index >= 15 is 0 Å². The monoisotopic (exact) mass is 337 g/mol. The highest BCUT2D eigenvalue weighted by Crippen LogP contribution is 2.22. The van der Waals surface area contributed by atoms with Crippen LogP contribution in [0.15, 0.2) is 23.4 Å². The number of thiazole rings is 1. The van der Waals surface area contributed by atoms with Gasteiger partial charge in [-0.1, -0.05) is 23.2 Å². The zero-order valence-electron chi connectivity index (χ0n) is 9.72. The smallest absolute Gasteiger partial charge is 0.242 e. The van der Waals surface area contributed by atoms with Crippen LogP contribution in [0.2, 0.25) is 10.2 Å². The Bertz CT molecular complexity index is 701. The molecular formula is C10H9Cl2N3O2S2. The Labute approximate surface area is 124 Å². The summed E-state index contributed by atoms with van der Waals surface area (Å²) in [7, 11) is -3.68. The van der Waals surface area contributed by atoms with Crippen LogP contribution in [0.5, 0.6) is 0 Å². The van der Waals surface area contributed by atoms with Crippen molar-refractivity contribution in [2.45, 2.75) is 18.4 Å². The maximum atomic E-state index is 12.0. The van der Waals surface area contributed by atoms with Crippen molar-refractivity contribution in [2.75, 3.05) is 0 Å². The number of aromatic nitrogens is 2. The van der Waals surface area contributed by atoms with Crippen molar-refractivity contribution in [1.29, 1.82) is 0 Å². The molecule has 2 heterocycles. The lowest BCUT2D eigenvalue weighted by Gasteiger charge is -2.05. The molecule has 0 radical (unpaired) electrons. The molecule has 0 saturated carbocycles. The first-order chi connectivity index (χ1) is 8.88. The van der Waals surface area contributed by atoms with E-state index in [1.165, 1.54) is 17.4 Å². The summed E-state index contributed by atoms with van der Waals surface area (Å²) in [5, 5.41) is 0.847. The standard InChI is InChI=1S/C10H9Cl2N3O2S2/c1-6-3-13-9(18-6)5-15-19(16,17)7-2-8(11)10(12)14-4-7/h2-4,15H,5H2,1H3. The number of rotatable bonds is 4. The fraction of sp³-hybridized carbons (Fsp3) is 0.200. The Morgan fingerprint density at radius 1 is 1.32 bits per heavy atom. The Balaban J connectivity index is 2.16. The van der Waals surface area contributed by atoms with Gasteiger partial charge in [0.05, 0.1) is 11.6 Å². The minimum Gasteiger partial charge on any atom is -0.248 e. The van der Waals surface area contributed by atoms with Crippen LogP contribution >= 0.6 is 34.5 Å². The third kappa shape index (κ3) is 3.64. The molecular weight excluding hydrogens is 329 g/mol. The molecule has 2 aromatic heterocycles. The van der Waals surface area contributed by atoms with Crippen molar-refractivity contribution >= 4 is 44.6 Å². The summed E-state index contributed by atoms with van der Waals surface area (Å²) in [5.74, 6) is 0. The van der Waals surface area contributed by atoms with Crippen LogP contribution in [0.1, 0.15) is 9.88 Å². The Hall–Kier alpha value is -0.730. The Morgan fingerprint density at radius 2 is 2.05 bits per heavy atom. The average Bonchev–Trinajstić information content (AvgIpc) is 2.76. The number of nitrogens with one attached hydrogen (secondary N) is 1. The first kappa shape index (κ1) is 14.7. The quantitative estimate of drug-likeness (QED) is 0.870. The molecule has 19 heavy (non-hydrogen) atoms. The highest BCUT2D eigenvalue weighted by molar-refractivity contribution is 7.89. The number of hydrogen-bond acceptors (Lipinski definition) is 5. The third-order valence-corrected chi connectivity index (χ3v) is 5.13. The van der Waals surface area contributed by atoms with Crippen LogP contribution in [0, 0.1) is 6.92 Å². The number of pyridine rings is 1. The maximum Gasteiger partial charge on any atom is 0.242 e. The van der Waals surface area contributed by atoms with E-state index in [0.717, 1.165) is 11.1 Å². The Morgan fingerprint density at radius 3 is 2.63 bits per heavy atom. The predicted molar refractivity (Wildman–Crippen MR) is 75.1 cm³/mol. The largest absolute Gasteiger partial charge is 0.248 e. The number of halogens is 2. The lowest BCUT2D eigenvalue weighted by Crippen LogP contribution is -2.23. The average molecular weight is 338 g/mol. The predicted octanol–water partition coefficient (Wildman–Crippen LogP) is 2.63. The van der Waals surface area contributed by atoms with Crippen LogP contribution < -0.4 is 4.72 Å². The van der Waals surface area contributed by atoms with Crippen molar-refractivity contribution in [3.8, 4) is 0 Å². The van der Waals surface area contributed by atoms with E-state index in [0.29, 0.717) is 5.01 Å². The first-order valence-corrected chi connectivity index (χ1v) is 8.16. The van der Waals surface area contributed by atoms with Crippen LogP contribution in [0.3, 0.4) is 0 Å². The molecule has 0 aliphatic heterocycles. The van der Waals surface area contributed by atoms with Gasteiger partial charge in [-0.05, 0) is 13.0 Å². The van der Waals surface area contributed by atoms with Crippen molar-refractivity contribution < 1.29 is 8.42 Å². The van der Waals surface area contributed by atoms with Crippen LogP contribution in [-0.2, 0) is 16.6 Å². The highest BCUT2D eigenvalue weighted by atomic mass is 35.5. The summed E-state index contributed by atoms with van der Waals surface area (Å²) in [6.45, 7) is 2.03. The van der Waals surface area contributed by atoms with Gasteiger partial charge >= 0.3 is 0 Å². The second kappa shape index (κ2) is 5.72. The topological polar surface area (TPSA) is 72.0 Å². The van der Waals surface area contributed by atoms with Gasteiger partial charge in [0.25, 0.3) is 0 Å². The molecule has 1 N–H and O–H groups in total. The summed E-state index contributed by atoms with van der Waals surface area (Å²) in [6.07, 6.45) is 2.85. The van der Waals surface area contributed by atoms with Gasteiger partial charge in [0, 0.05) is 17.3 Å². The maximum absolute atomic E-state index is 12.0. The summed E-state index contributed by atoms with van der Waals surface area (Å²) < 4.78 is 26.4. The molecule has 102 valence electrons. The van der Waals surface area contributed by atoms with E-state index in [1.807, 2.05) is 6.92 Å². The van der Waals surface area contributed by atoms with Crippen LogP contribution in [0.4, 0.5) is 0 Å². The van der Waals surface area contributed by atoms with Gasteiger partial charge in [-0.15, -0.1) is 11.3 Å². The van der Waals surface area contributed by atoms with Crippen molar-refractivity contribution in [3.05, 3.63) is 38.5 Å². The summed E-state index contributed by atoms with van der Waals surface area (Å²) in [5.41, 5.74) is 0. The molecule has 0 aromatic carbocycles. The zero-order valence-corrected chi connectivity index (χ0v) is 12.9. The highest BCUT2D eigenvalue weighted by Gasteiger charge is 2.16. The van der Waals surface area contributed by atoms with E-state index in [4.69, 9.17) is 23.2 Å². The van der Waals surface area contributed by atoms with E-state index < -0.39 is 10.0 Å². The van der Waals surface area contributed by atoms with E-state index in [9.17, 15) is 8.42 Å². The van der Waals surface area contributed by atoms with Crippen molar-refractivity contribution in [3.63, 3.8) is 0 Å². The molecule has 0 fully saturated rings. The van der Waals surface area contributed by atoms with E-state index in [-0.39, 0.29) is 21.6 Å². The molecule has 0 aliphatic rings. The summed E-state index contributed by atoms with van der Waals surface area (Å²) >= 11 is 12.8. The van der Waals surface area contributed by atoms with Gasteiger partial charge in [-0.25, -0.2) is 23.1 Å². The molecule has 0 atom stereocenters. The normalized spacial score (nSPS) is 11.7.